The van der Waals surface area contributed by atoms with Gasteiger partial charge in [-0.05, 0) is 25.2 Å². The van der Waals surface area contributed by atoms with Crippen molar-refractivity contribution in [1.29, 1.82) is 0 Å². The molecule has 1 fully saturated rings. The van der Waals surface area contributed by atoms with Gasteiger partial charge in [0.05, 0.1) is 5.69 Å². The average molecular weight is 276 g/mol. The van der Waals surface area contributed by atoms with Crippen molar-refractivity contribution >= 4 is 6.03 Å². The third-order valence-electron chi connectivity index (χ3n) is 3.85. The summed E-state index contributed by atoms with van der Waals surface area (Å²) in [6.07, 6.45) is 9.26. The number of nitrogens with zero attached hydrogens (tertiary/aromatic N) is 3. The number of rotatable bonds is 4. The molecule has 1 N–H and O–H groups in total. The summed E-state index contributed by atoms with van der Waals surface area (Å²) in [7, 11) is 0. The molecule has 0 radical (unpaired) electrons. The van der Waals surface area contributed by atoms with E-state index in [1.807, 2.05) is 4.90 Å². The van der Waals surface area contributed by atoms with Crippen LogP contribution in [0.15, 0.2) is 18.6 Å². The second-order valence-electron chi connectivity index (χ2n) is 5.68. The Hall–Kier alpha value is -1.65. The van der Waals surface area contributed by atoms with Gasteiger partial charge in [0, 0.05) is 44.1 Å². The summed E-state index contributed by atoms with van der Waals surface area (Å²) in [5.41, 5.74) is 0.909. The zero-order chi connectivity index (χ0) is 14.4. The fourth-order valence-corrected chi connectivity index (χ4v) is 2.76. The Morgan fingerprint density at radius 2 is 2.30 bits per heavy atom. The molecule has 0 aromatic carbocycles. The molecule has 1 aromatic rings. The number of nitrogens with one attached hydrogen (secondary N) is 1. The lowest BCUT2D eigenvalue weighted by atomic mass is 9.93. The number of carbonyl (C=O) groups is 1. The SMILES string of the molecule is CC(C)C1CCCCN1C(=O)NCCc1cnccn1. The van der Waals surface area contributed by atoms with Crippen molar-refractivity contribution < 1.29 is 4.79 Å². The van der Waals surface area contributed by atoms with E-state index < -0.39 is 0 Å². The molecule has 20 heavy (non-hydrogen) atoms. The number of likely N-dealkylation sites (tertiary alicyclic amines) is 1. The number of piperidine rings is 1. The maximum Gasteiger partial charge on any atom is 0.317 e. The van der Waals surface area contributed by atoms with Crippen LogP contribution in [-0.2, 0) is 6.42 Å². The Morgan fingerprint density at radius 1 is 1.45 bits per heavy atom. The molecule has 5 nitrogen and oxygen atoms in total. The molecule has 0 bridgehead atoms. The first-order valence-corrected chi connectivity index (χ1v) is 7.48. The van der Waals surface area contributed by atoms with Gasteiger partial charge in [-0.1, -0.05) is 13.8 Å². The van der Waals surface area contributed by atoms with Crippen LogP contribution in [0, 0.1) is 5.92 Å². The lowest BCUT2D eigenvalue weighted by molar-refractivity contribution is 0.128. The largest absolute Gasteiger partial charge is 0.338 e. The van der Waals surface area contributed by atoms with Gasteiger partial charge >= 0.3 is 6.03 Å². The highest BCUT2D eigenvalue weighted by atomic mass is 16.2. The number of urea groups is 1. The second kappa shape index (κ2) is 7.22. The third-order valence-corrected chi connectivity index (χ3v) is 3.85. The van der Waals surface area contributed by atoms with Gasteiger partial charge in [-0.15, -0.1) is 0 Å². The van der Waals surface area contributed by atoms with E-state index in [4.69, 9.17) is 0 Å². The molecule has 5 heteroatoms. The number of carbonyl (C=O) groups excluding carboxylic acids is 1. The molecule has 0 saturated carbocycles. The van der Waals surface area contributed by atoms with E-state index >= 15 is 0 Å². The summed E-state index contributed by atoms with van der Waals surface area (Å²) in [5, 5.41) is 3.00. The van der Waals surface area contributed by atoms with Crippen LogP contribution in [0.25, 0.3) is 0 Å². The summed E-state index contributed by atoms with van der Waals surface area (Å²) in [4.78, 5) is 22.5. The van der Waals surface area contributed by atoms with Crippen LogP contribution in [-0.4, -0.2) is 40.0 Å². The number of hydrogen-bond donors (Lipinski definition) is 1. The zero-order valence-electron chi connectivity index (χ0n) is 12.4. The van der Waals surface area contributed by atoms with Crippen LogP contribution in [0.2, 0.25) is 0 Å². The molecule has 2 rings (SSSR count). The van der Waals surface area contributed by atoms with Crippen molar-refractivity contribution in [2.45, 2.75) is 45.6 Å². The quantitative estimate of drug-likeness (QED) is 0.917. The third kappa shape index (κ3) is 3.92. The molecule has 2 amide bonds. The fraction of sp³-hybridized carbons (Fsp3) is 0.667. The number of aromatic nitrogens is 2. The van der Waals surface area contributed by atoms with Crippen molar-refractivity contribution in [3.05, 3.63) is 24.3 Å². The predicted octanol–water partition coefficient (Wildman–Crippen LogP) is 2.24. The molecular weight excluding hydrogens is 252 g/mol. The Balaban J connectivity index is 1.81. The maximum atomic E-state index is 12.3. The summed E-state index contributed by atoms with van der Waals surface area (Å²) < 4.78 is 0. The zero-order valence-corrected chi connectivity index (χ0v) is 12.4. The Morgan fingerprint density at radius 3 is 3.00 bits per heavy atom. The summed E-state index contributed by atoms with van der Waals surface area (Å²) in [6, 6.07) is 0.438. The first kappa shape index (κ1) is 14.8. The average Bonchev–Trinajstić information content (AvgIpc) is 2.48. The van der Waals surface area contributed by atoms with Crippen LogP contribution in [0.3, 0.4) is 0 Å². The first-order valence-electron chi connectivity index (χ1n) is 7.48. The van der Waals surface area contributed by atoms with E-state index in [1.165, 1.54) is 6.42 Å². The van der Waals surface area contributed by atoms with Crippen molar-refractivity contribution in [2.24, 2.45) is 5.92 Å². The highest BCUT2D eigenvalue weighted by molar-refractivity contribution is 5.74. The van der Waals surface area contributed by atoms with Crippen LogP contribution in [0.1, 0.15) is 38.8 Å². The van der Waals surface area contributed by atoms with Gasteiger partial charge in [0.15, 0.2) is 0 Å². The van der Waals surface area contributed by atoms with E-state index in [0.717, 1.165) is 31.5 Å². The van der Waals surface area contributed by atoms with Crippen LogP contribution < -0.4 is 5.32 Å². The second-order valence-corrected chi connectivity index (χ2v) is 5.68. The minimum Gasteiger partial charge on any atom is -0.338 e. The molecule has 1 atom stereocenters. The summed E-state index contributed by atoms with van der Waals surface area (Å²) in [6.45, 7) is 5.87. The van der Waals surface area contributed by atoms with Gasteiger partial charge in [-0.25, -0.2) is 4.79 Å². The monoisotopic (exact) mass is 276 g/mol. The minimum absolute atomic E-state index is 0.0623. The molecular formula is C15H24N4O. The number of amides is 2. The first-order chi connectivity index (χ1) is 9.68. The fourth-order valence-electron chi connectivity index (χ4n) is 2.76. The topological polar surface area (TPSA) is 58.1 Å². The van der Waals surface area contributed by atoms with Gasteiger partial charge in [0.2, 0.25) is 0 Å². The summed E-state index contributed by atoms with van der Waals surface area (Å²) >= 11 is 0. The van der Waals surface area contributed by atoms with E-state index in [1.54, 1.807) is 18.6 Å². The highest BCUT2D eigenvalue weighted by Crippen LogP contribution is 2.22. The van der Waals surface area contributed by atoms with Crippen LogP contribution in [0.5, 0.6) is 0 Å². The van der Waals surface area contributed by atoms with Crippen molar-refractivity contribution in [3.8, 4) is 0 Å². The molecule has 1 saturated heterocycles. The normalized spacial score (nSPS) is 19.1. The molecule has 1 aliphatic rings. The summed E-state index contributed by atoms with van der Waals surface area (Å²) in [5.74, 6) is 0.515. The van der Waals surface area contributed by atoms with Gasteiger partial charge in [-0.2, -0.15) is 0 Å². The van der Waals surface area contributed by atoms with E-state index in [9.17, 15) is 4.79 Å². The smallest absolute Gasteiger partial charge is 0.317 e. The van der Waals surface area contributed by atoms with E-state index in [0.29, 0.717) is 18.5 Å². The molecule has 1 aromatic heterocycles. The van der Waals surface area contributed by atoms with Crippen LogP contribution >= 0.6 is 0 Å². The van der Waals surface area contributed by atoms with Gasteiger partial charge in [-0.3, -0.25) is 9.97 Å². The lowest BCUT2D eigenvalue weighted by Gasteiger charge is -2.38. The van der Waals surface area contributed by atoms with E-state index in [-0.39, 0.29) is 6.03 Å². The molecule has 2 heterocycles. The molecule has 0 spiro atoms. The molecule has 0 aliphatic carbocycles. The highest BCUT2D eigenvalue weighted by Gasteiger charge is 2.28. The standard InChI is InChI=1S/C15H24N4O/c1-12(2)14-5-3-4-10-19(14)15(20)18-7-6-13-11-16-8-9-17-13/h8-9,11-12,14H,3-7,10H2,1-2H3,(H,18,20). The Labute approximate surface area is 120 Å². The Kier molecular flexibility index (Phi) is 5.32. The maximum absolute atomic E-state index is 12.3. The molecule has 1 aliphatic heterocycles. The van der Waals surface area contributed by atoms with Crippen molar-refractivity contribution in [1.82, 2.24) is 20.2 Å². The van der Waals surface area contributed by atoms with Crippen molar-refractivity contribution in [3.63, 3.8) is 0 Å². The molecule has 1 unspecified atom stereocenters. The van der Waals surface area contributed by atoms with Gasteiger partial charge < -0.3 is 10.2 Å². The lowest BCUT2D eigenvalue weighted by Crippen LogP contribution is -2.51. The number of hydrogen-bond acceptors (Lipinski definition) is 3. The van der Waals surface area contributed by atoms with Gasteiger partial charge in [0.1, 0.15) is 0 Å². The Bertz CT molecular complexity index is 421. The van der Waals surface area contributed by atoms with E-state index in [2.05, 4.69) is 29.1 Å². The minimum atomic E-state index is 0.0623. The van der Waals surface area contributed by atoms with Crippen LogP contribution in [0.4, 0.5) is 4.79 Å². The van der Waals surface area contributed by atoms with Gasteiger partial charge in [0.25, 0.3) is 0 Å². The molecule has 110 valence electrons. The predicted molar refractivity (Wildman–Crippen MR) is 78.3 cm³/mol. The van der Waals surface area contributed by atoms with Crippen molar-refractivity contribution in [2.75, 3.05) is 13.1 Å².